The third kappa shape index (κ3) is 4.64. The van der Waals surface area contributed by atoms with E-state index < -0.39 is 42.3 Å². The molecule has 10 aromatic rings. The Morgan fingerprint density at radius 2 is 1.30 bits per heavy atom. The monoisotopic (exact) mass is 687 g/mol. The van der Waals surface area contributed by atoms with Gasteiger partial charge in [0.2, 0.25) is 0 Å². The number of nitrogens with zero attached hydrogens (tertiary/aromatic N) is 4. The first-order valence-corrected chi connectivity index (χ1v) is 17.1. The lowest BCUT2D eigenvalue weighted by atomic mass is 9.92. The minimum atomic E-state index is -0.545. The van der Waals surface area contributed by atoms with Crippen molar-refractivity contribution >= 4 is 32.8 Å². The number of benzene rings is 7. The molecule has 11 rings (SSSR count). The van der Waals surface area contributed by atoms with Crippen molar-refractivity contribution in [3.63, 3.8) is 0 Å². The number of ether oxygens (including phenoxy) is 1. The molecule has 1 aliphatic rings. The Labute approximate surface area is 318 Å². The maximum Gasteiger partial charge on any atom is 0.269 e. The van der Waals surface area contributed by atoms with Crippen LogP contribution in [-0.2, 0) is 0 Å². The minimum absolute atomic E-state index is 0.0877. The summed E-state index contributed by atoms with van der Waals surface area (Å²) in [6.45, 7) is 0. The van der Waals surface area contributed by atoms with Crippen LogP contribution in [0.2, 0.25) is 0 Å². The van der Waals surface area contributed by atoms with E-state index in [1.807, 2.05) is 106 Å². The van der Waals surface area contributed by atoms with Crippen molar-refractivity contribution in [1.29, 1.82) is 0 Å². The lowest BCUT2D eigenvalue weighted by molar-refractivity contribution is -0.571. The molecule has 0 N–H and O–H groups in total. The zero-order valence-electron chi connectivity index (χ0n) is 36.8. The van der Waals surface area contributed by atoms with E-state index in [1.165, 1.54) is 0 Å². The number of aromatic nitrogens is 4. The van der Waals surface area contributed by atoms with E-state index in [4.69, 9.17) is 19.3 Å². The van der Waals surface area contributed by atoms with Crippen molar-refractivity contribution < 1.29 is 21.6 Å². The molecule has 0 saturated heterocycles. The zero-order valence-corrected chi connectivity index (χ0v) is 27.8. The van der Waals surface area contributed by atoms with E-state index in [0.29, 0.717) is 34.0 Å². The molecule has 0 spiro atoms. The Morgan fingerprint density at radius 3 is 2.23 bits per heavy atom. The Morgan fingerprint density at radius 1 is 0.566 bits per heavy atom. The maximum atomic E-state index is 9.60. The zero-order chi connectivity index (χ0) is 42.7. The van der Waals surface area contributed by atoms with Crippen molar-refractivity contribution in [2.75, 3.05) is 0 Å². The van der Waals surface area contributed by atoms with Gasteiger partial charge in [0, 0.05) is 22.4 Å². The van der Waals surface area contributed by atoms with Crippen LogP contribution in [0.4, 0.5) is 0 Å². The number of hydrogen-bond donors (Lipinski definition) is 0. The Bertz CT molecular complexity index is 3550. The molecule has 0 aliphatic carbocycles. The molecule has 0 saturated carbocycles. The van der Waals surface area contributed by atoms with Crippen LogP contribution in [0.15, 0.2) is 182 Å². The first-order chi connectivity index (χ1) is 30.0. The largest absolute Gasteiger partial charge is 0.458 e. The molecule has 8 bridgehead atoms. The van der Waals surface area contributed by atoms with Crippen molar-refractivity contribution in [2.24, 2.45) is 0 Å². The van der Waals surface area contributed by atoms with Crippen LogP contribution < -0.4 is 9.30 Å². The lowest BCUT2D eigenvalue weighted by Crippen LogP contribution is -2.31. The van der Waals surface area contributed by atoms with Crippen LogP contribution >= 0.6 is 0 Å². The van der Waals surface area contributed by atoms with E-state index in [0.717, 1.165) is 21.8 Å². The van der Waals surface area contributed by atoms with Crippen molar-refractivity contribution in [3.8, 4) is 62.2 Å². The van der Waals surface area contributed by atoms with Crippen molar-refractivity contribution in [3.05, 3.63) is 188 Å². The molecule has 0 unspecified atom stereocenters. The van der Waals surface area contributed by atoms with Gasteiger partial charge >= 0.3 is 0 Å². The summed E-state index contributed by atoms with van der Waals surface area (Å²) < 4.78 is 93.1. The third-order valence-electron chi connectivity index (χ3n) is 9.73. The summed E-state index contributed by atoms with van der Waals surface area (Å²) in [7, 11) is 0. The topological polar surface area (TPSA) is 35.9 Å². The average molecular weight is 688 g/mol. The van der Waals surface area contributed by atoms with Gasteiger partial charge in [-0.2, -0.15) is 0 Å². The van der Waals surface area contributed by atoms with E-state index in [9.17, 15) is 2.74 Å². The highest BCUT2D eigenvalue weighted by Gasteiger charge is 2.22. The lowest BCUT2D eigenvalue weighted by Gasteiger charge is -2.19. The SMILES string of the molecule is [2H]c1c([2H])c([2H])c(-c2cccc3c2-[n+]2[c-]n(c4ccccc42)-c2cccc(c2)Oc2ccc4c5ccccc5n(c4c2)-c2cccc(n2)-c2c([2H])c([2H])c([2H])c([2H])c2-3)c([2H])c1[2H]. The van der Waals surface area contributed by atoms with E-state index >= 15 is 0 Å². The van der Waals surface area contributed by atoms with Gasteiger partial charge in [-0.3, -0.25) is 13.7 Å². The fourth-order valence-corrected chi connectivity index (χ4v) is 7.47. The fourth-order valence-electron chi connectivity index (χ4n) is 7.47. The second kappa shape index (κ2) is 11.7. The summed E-state index contributed by atoms with van der Waals surface area (Å²) in [5.74, 6) is 1.61. The molecule has 5 nitrogen and oxygen atoms in total. The van der Waals surface area contributed by atoms with Gasteiger partial charge in [-0.05, 0) is 70.8 Å². The first kappa shape index (κ1) is 21.9. The summed E-state index contributed by atoms with van der Waals surface area (Å²) >= 11 is 0. The number of rotatable bonds is 1. The highest BCUT2D eigenvalue weighted by molar-refractivity contribution is 6.09. The molecule has 0 radical (unpaired) electrons. The van der Waals surface area contributed by atoms with Crippen LogP contribution in [0.3, 0.4) is 0 Å². The molecule has 5 heteroatoms. The van der Waals surface area contributed by atoms with Gasteiger partial charge in [0.1, 0.15) is 17.3 Å². The second-order valence-corrected chi connectivity index (χ2v) is 12.7. The van der Waals surface area contributed by atoms with Gasteiger partial charge in [-0.25, -0.2) is 4.98 Å². The van der Waals surface area contributed by atoms with Crippen molar-refractivity contribution in [2.45, 2.75) is 0 Å². The van der Waals surface area contributed by atoms with Crippen LogP contribution in [0, 0.1) is 6.33 Å². The molecular formula is C48H30N4O. The molecule has 248 valence electrons. The van der Waals surface area contributed by atoms with Crippen LogP contribution in [-0.4, -0.2) is 14.1 Å². The summed E-state index contributed by atoms with van der Waals surface area (Å²) in [5, 5.41) is 1.94. The Hall–Kier alpha value is -7.24. The van der Waals surface area contributed by atoms with Gasteiger partial charge in [0.05, 0.1) is 51.5 Å². The van der Waals surface area contributed by atoms with E-state index in [2.05, 4.69) is 6.33 Å². The fraction of sp³-hybridized carbons (Fsp3) is 0. The predicted octanol–water partition coefficient (Wildman–Crippen LogP) is 11.3. The molecule has 53 heavy (non-hydrogen) atoms. The van der Waals surface area contributed by atoms with Gasteiger partial charge in [-0.15, -0.1) is 0 Å². The number of para-hydroxylation sites is 4. The van der Waals surface area contributed by atoms with Gasteiger partial charge in [-0.1, -0.05) is 127 Å². The molecule has 0 fully saturated rings. The molecular weight excluding hydrogens is 649 g/mol. The highest BCUT2D eigenvalue weighted by atomic mass is 16.5. The standard InChI is InChI=1S/C48H30N4O/c1-2-13-32(14-3-1)36-20-11-21-41-37-17-4-5-18-38(37)42-22-12-26-47(49-42)52-43-23-7-6-19-39(43)40-28-27-35(30-46(40)52)53-34-16-10-15-33(29-34)50-31-51(48(36)41)45-25-9-8-24-44(45)50/h1-30H/i1D,2D,3D,4D,5D,13D,14D,17D,18D. The van der Waals surface area contributed by atoms with E-state index in [-0.39, 0.29) is 51.3 Å². The number of imidazole rings is 1. The number of fused-ring (bicyclic) bond motifs is 20. The van der Waals surface area contributed by atoms with Crippen LogP contribution in [0.5, 0.6) is 11.5 Å². The minimum Gasteiger partial charge on any atom is -0.458 e. The Kier molecular flexibility index (Phi) is 4.81. The molecule has 1 aliphatic heterocycles. The van der Waals surface area contributed by atoms with Gasteiger partial charge < -0.3 is 4.74 Å². The average Bonchev–Trinajstić information content (AvgIpc) is 3.84. The highest BCUT2D eigenvalue weighted by Crippen LogP contribution is 2.40. The first-order valence-electron chi connectivity index (χ1n) is 21.6. The van der Waals surface area contributed by atoms with Gasteiger partial charge in [0.25, 0.3) is 6.33 Å². The molecule has 0 atom stereocenters. The third-order valence-corrected chi connectivity index (χ3v) is 9.73. The quantitative estimate of drug-likeness (QED) is 0.127. The number of pyridine rings is 1. The van der Waals surface area contributed by atoms with Crippen molar-refractivity contribution in [1.82, 2.24) is 14.1 Å². The van der Waals surface area contributed by atoms with Crippen LogP contribution in [0.25, 0.3) is 83.5 Å². The summed E-state index contributed by atoms with van der Waals surface area (Å²) in [4.78, 5) is 5.17. The van der Waals surface area contributed by atoms with E-state index in [1.54, 1.807) is 34.9 Å². The smallest absolute Gasteiger partial charge is 0.269 e. The van der Waals surface area contributed by atoms with Gasteiger partial charge in [0.15, 0.2) is 0 Å². The summed E-state index contributed by atoms with van der Waals surface area (Å²) in [6.07, 6.45) is 3.49. The number of hydrogen-bond acceptors (Lipinski definition) is 2. The summed E-state index contributed by atoms with van der Waals surface area (Å²) in [5.41, 5.74) is 4.81. The second-order valence-electron chi connectivity index (χ2n) is 12.7. The van der Waals surface area contributed by atoms with Crippen LogP contribution in [0.1, 0.15) is 12.3 Å². The molecule has 4 heterocycles. The Balaban J connectivity index is 1.35. The summed E-state index contributed by atoms with van der Waals surface area (Å²) in [6, 6.07) is 35.2. The predicted molar refractivity (Wildman–Crippen MR) is 212 cm³/mol. The molecule has 3 aromatic heterocycles. The normalized spacial score (nSPS) is 14.3. The molecule has 7 aromatic carbocycles. The maximum absolute atomic E-state index is 9.60. The molecule has 0 amide bonds.